The van der Waals surface area contributed by atoms with Gasteiger partial charge >= 0.3 is 0 Å². The summed E-state index contributed by atoms with van der Waals surface area (Å²) >= 11 is 0. The van der Waals surface area contributed by atoms with Crippen LogP contribution in [0.2, 0.25) is 0 Å². The lowest BCUT2D eigenvalue weighted by Crippen LogP contribution is -2.21. The summed E-state index contributed by atoms with van der Waals surface area (Å²) in [4.78, 5) is 4.14. The van der Waals surface area contributed by atoms with Crippen LogP contribution in [0.15, 0.2) is 18.3 Å². The van der Waals surface area contributed by atoms with Gasteiger partial charge in [0.15, 0.2) is 0 Å². The number of hydrogen-bond donors (Lipinski definition) is 1. The summed E-state index contributed by atoms with van der Waals surface area (Å²) in [7, 11) is 3.28. The van der Waals surface area contributed by atoms with Gasteiger partial charge in [0, 0.05) is 32.0 Å². The Morgan fingerprint density at radius 2 is 1.80 bits per heavy atom. The highest BCUT2D eigenvalue weighted by atomic mass is 16.5. The topological polar surface area (TPSA) is 61.8 Å². The van der Waals surface area contributed by atoms with Crippen LogP contribution in [-0.4, -0.2) is 58.8 Å². The molecule has 1 rings (SSSR count). The maximum Gasteiger partial charge on any atom is 0.217 e. The maximum atomic E-state index is 5.43. The number of aromatic nitrogens is 1. The van der Waals surface area contributed by atoms with Crippen molar-refractivity contribution in [2.24, 2.45) is 0 Å². The number of nitrogens with zero attached hydrogens (tertiary/aromatic N) is 1. The molecule has 0 radical (unpaired) electrons. The largest absolute Gasteiger partial charge is 0.481 e. The monoisotopic (exact) mass is 284 g/mol. The molecule has 0 atom stereocenters. The van der Waals surface area contributed by atoms with E-state index < -0.39 is 0 Å². The molecular weight excluding hydrogens is 260 g/mol. The second kappa shape index (κ2) is 11.6. The lowest BCUT2D eigenvalue weighted by Gasteiger charge is -2.09. The number of nitrogens with one attached hydrogen (secondary N) is 1. The first kappa shape index (κ1) is 16.8. The summed E-state index contributed by atoms with van der Waals surface area (Å²) in [5.74, 6) is 0.660. The van der Waals surface area contributed by atoms with E-state index in [1.54, 1.807) is 20.4 Å². The van der Waals surface area contributed by atoms with E-state index in [-0.39, 0.29) is 0 Å². The van der Waals surface area contributed by atoms with Gasteiger partial charge in [0.25, 0.3) is 0 Å². The van der Waals surface area contributed by atoms with Gasteiger partial charge in [-0.05, 0) is 6.07 Å². The van der Waals surface area contributed by atoms with Crippen LogP contribution in [0.1, 0.15) is 5.56 Å². The van der Waals surface area contributed by atoms with E-state index in [1.807, 2.05) is 12.1 Å². The zero-order valence-electron chi connectivity index (χ0n) is 12.3. The molecule has 0 saturated carbocycles. The first-order valence-electron chi connectivity index (χ1n) is 6.71. The van der Waals surface area contributed by atoms with Crippen molar-refractivity contribution in [2.45, 2.75) is 6.54 Å². The van der Waals surface area contributed by atoms with Crippen LogP contribution in [0, 0.1) is 0 Å². The molecule has 6 nitrogen and oxygen atoms in total. The Balaban J connectivity index is 1.97. The number of rotatable bonds is 12. The number of methoxy groups -OCH3 is 2. The molecule has 0 aromatic carbocycles. The van der Waals surface area contributed by atoms with E-state index in [2.05, 4.69) is 10.3 Å². The molecule has 1 aromatic rings. The molecule has 1 N–H and O–H groups in total. The van der Waals surface area contributed by atoms with Gasteiger partial charge in [-0.1, -0.05) is 6.07 Å². The van der Waals surface area contributed by atoms with Gasteiger partial charge in [0.1, 0.15) is 0 Å². The van der Waals surface area contributed by atoms with E-state index in [0.717, 1.165) is 12.1 Å². The van der Waals surface area contributed by atoms with Crippen LogP contribution in [0.25, 0.3) is 0 Å². The molecule has 1 aromatic heterocycles. The van der Waals surface area contributed by atoms with Crippen LogP contribution < -0.4 is 10.1 Å². The van der Waals surface area contributed by atoms with E-state index >= 15 is 0 Å². The molecule has 114 valence electrons. The molecule has 0 bridgehead atoms. The van der Waals surface area contributed by atoms with Crippen molar-refractivity contribution < 1.29 is 18.9 Å². The molecule has 0 amide bonds. The van der Waals surface area contributed by atoms with Gasteiger partial charge in [-0.15, -0.1) is 0 Å². The average Bonchev–Trinajstić information content (AvgIpc) is 2.49. The molecule has 0 fully saturated rings. The summed E-state index contributed by atoms with van der Waals surface area (Å²) in [5, 5.41) is 3.28. The molecule has 0 spiro atoms. The minimum absolute atomic E-state index is 0.597. The standard InChI is InChI=1S/C14H24N2O4/c1-17-8-9-20-11-10-19-7-6-15-12-13-4-3-5-16-14(13)18-2/h3-5,15H,6-12H2,1-2H3. The lowest BCUT2D eigenvalue weighted by atomic mass is 10.2. The Morgan fingerprint density at radius 1 is 1.05 bits per heavy atom. The fraction of sp³-hybridized carbons (Fsp3) is 0.643. The average molecular weight is 284 g/mol. The molecule has 0 saturated heterocycles. The zero-order valence-corrected chi connectivity index (χ0v) is 12.3. The molecule has 0 aliphatic carbocycles. The summed E-state index contributed by atoms with van der Waals surface area (Å²) in [6.07, 6.45) is 1.72. The van der Waals surface area contributed by atoms with Crippen molar-refractivity contribution in [3.63, 3.8) is 0 Å². The SMILES string of the molecule is COCCOCCOCCNCc1cccnc1OC. The van der Waals surface area contributed by atoms with E-state index in [0.29, 0.717) is 45.5 Å². The predicted molar refractivity (Wildman–Crippen MR) is 76.0 cm³/mol. The van der Waals surface area contributed by atoms with E-state index in [9.17, 15) is 0 Å². The van der Waals surface area contributed by atoms with Crippen molar-refractivity contribution in [1.82, 2.24) is 10.3 Å². The minimum Gasteiger partial charge on any atom is -0.481 e. The van der Waals surface area contributed by atoms with Gasteiger partial charge in [-0.3, -0.25) is 0 Å². The number of hydrogen-bond acceptors (Lipinski definition) is 6. The smallest absolute Gasteiger partial charge is 0.217 e. The molecule has 0 aliphatic rings. The Morgan fingerprint density at radius 3 is 2.55 bits per heavy atom. The van der Waals surface area contributed by atoms with Crippen molar-refractivity contribution in [3.05, 3.63) is 23.9 Å². The van der Waals surface area contributed by atoms with Gasteiger partial charge in [0.2, 0.25) is 5.88 Å². The minimum atomic E-state index is 0.597. The van der Waals surface area contributed by atoms with Crippen LogP contribution in [0.3, 0.4) is 0 Å². The Hall–Kier alpha value is -1.21. The third kappa shape index (κ3) is 7.40. The molecule has 6 heteroatoms. The highest BCUT2D eigenvalue weighted by Gasteiger charge is 2.01. The molecule has 0 unspecified atom stereocenters. The molecule has 1 heterocycles. The Bertz CT molecular complexity index is 350. The van der Waals surface area contributed by atoms with Gasteiger partial charge in [-0.25, -0.2) is 4.98 Å². The number of pyridine rings is 1. The van der Waals surface area contributed by atoms with Crippen molar-refractivity contribution in [3.8, 4) is 5.88 Å². The first-order chi connectivity index (χ1) is 9.88. The van der Waals surface area contributed by atoms with Crippen molar-refractivity contribution in [1.29, 1.82) is 0 Å². The quantitative estimate of drug-likeness (QED) is 0.574. The third-order valence-electron chi connectivity index (χ3n) is 2.59. The lowest BCUT2D eigenvalue weighted by molar-refractivity contribution is 0.0255. The van der Waals surface area contributed by atoms with Gasteiger partial charge in [-0.2, -0.15) is 0 Å². The first-order valence-corrected chi connectivity index (χ1v) is 6.71. The van der Waals surface area contributed by atoms with Crippen LogP contribution >= 0.6 is 0 Å². The zero-order chi connectivity index (χ0) is 14.5. The fourth-order valence-corrected chi connectivity index (χ4v) is 1.57. The summed E-state index contributed by atoms with van der Waals surface area (Å²) < 4.78 is 20.8. The van der Waals surface area contributed by atoms with Gasteiger partial charge in [0.05, 0.1) is 40.1 Å². The van der Waals surface area contributed by atoms with E-state index in [4.69, 9.17) is 18.9 Å². The predicted octanol–water partition coefficient (Wildman–Crippen LogP) is 0.859. The molecular formula is C14H24N2O4. The van der Waals surface area contributed by atoms with Gasteiger partial charge < -0.3 is 24.3 Å². The van der Waals surface area contributed by atoms with Crippen LogP contribution in [0.5, 0.6) is 5.88 Å². The van der Waals surface area contributed by atoms with Crippen molar-refractivity contribution in [2.75, 3.05) is 53.8 Å². The Labute approximate surface area is 120 Å². The van der Waals surface area contributed by atoms with Crippen LogP contribution in [-0.2, 0) is 20.8 Å². The summed E-state index contributed by atoms with van der Waals surface area (Å²) in [5.41, 5.74) is 1.04. The second-order valence-electron chi connectivity index (χ2n) is 4.07. The second-order valence-corrected chi connectivity index (χ2v) is 4.07. The fourth-order valence-electron chi connectivity index (χ4n) is 1.57. The Kier molecular flexibility index (Phi) is 9.77. The summed E-state index contributed by atoms with van der Waals surface area (Å²) in [6.45, 7) is 4.56. The highest BCUT2D eigenvalue weighted by Crippen LogP contribution is 2.12. The normalized spacial score (nSPS) is 10.7. The molecule has 20 heavy (non-hydrogen) atoms. The third-order valence-corrected chi connectivity index (χ3v) is 2.59. The number of ether oxygens (including phenoxy) is 4. The van der Waals surface area contributed by atoms with E-state index in [1.165, 1.54) is 0 Å². The van der Waals surface area contributed by atoms with Crippen molar-refractivity contribution >= 4 is 0 Å². The maximum absolute atomic E-state index is 5.43. The molecule has 0 aliphatic heterocycles. The highest BCUT2D eigenvalue weighted by molar-refractivity contribution is 5.24. The summed E-state index contributed by atoms with van der Waals surface area (Å²) in [6, 6.07) is 3.89. The van der Waals surface area contributed by atoms with Crippen LogP contribution in [0.4, 0.5) is 0 Å².